The molecule has 0 spiro atoms. The van der Waals surface area contributed by atoms with Gasteiger partial charge in [0.25, 0.3) is 0 Å². The third-order valence-corrected chi connectivity index (χ3v) is 11.5. The molecule has 0 radical (unpaired) electrons. The van der Waals surface area contributed by atoms with E-state index in [1.165, 1.54) is 154 Å². The molecule has 0 rings (SSSR count). The number of phosphoric ester groups is 1. The van der Waals surface area contributed by atoms with E-state index in [0.717, 1.165) is 38.5 Å². The minimum absolute atomic E-state index is 0.0757. The molecule has 54 heavy (non-hydrogen) atoms. The highest BCUT2D eigenvalue weighted by Gasteiger charge is 2.28. The van der Waals surface area contributed by atoms with Crippen LogP contribution in [0.2, 0.25) is 0 Å². The van der Waals surface area contributed by atoms with Crippen molar-refractivity contribution in [1.29, 1.82) is 0 Å². The Balaban J connectivity index is 4.31. The van der Waals surface area contributed by atoms with E-state index in [-0.39, 0.29) is 19.1 Å². The molecule has 322 valence electrons. The number of phosphoric acid groups is 1. The summed E-state index contributed by atoms with van der Waals surface area (Å²) in [6.07, 6.45) is 42.3. The van der Waals surface area contributed by atoms with Gasteiger partial charge in [-0.25, -0.2) is 4.57 Å². The number of carbonyl (C=O) groups is 1. The molecule has 0 saturated carbocycles. The van der Waals surface area contributed by atoms with Crippen LogP contribution in [0.5, 0.6) is 0 Å². The number of hydrogen-bond acceptors (Lipinski definition) is 5. The van der Waals surface area contributed by atoms with Crippen molar-refractivity contribution in [2.24, 2.45) is 0 Å². The molecular weight excluding hydrogens is 695 g/mol. The highest BCUT2D eigenvalue weighted by Crippen LogP contribution is 2.43. The zero-order valence-electron chi connectivity index (χ0n) is 36.5. The maximum absolute atomic E-state index is 12.9. The van der Waals surface area contributed by atoms with E-state index in [0.29, 0.717) is 23.9 Å². The van der Waals surface area contributed by atoms with Crippen LogP contribution in [0.25, 0.3) is 0 Å². The third kappa shape index (κ3) is 39.5. The van der Waals surface area contributed by atoms with Crippen molar-refractivity contribution in [3.8, 4) is 0 Å². The van der Waals surface area contributed by atoms with Crippen LogP contribution >= 0.6 is 7.82 Å². The molecule has 0 aliphatic carbocycles. The first-order valence-corrected chi connectivity index (χ1v) is 24.5. The summed E-state index contributed by atoms with van der Waals surface area (Å²) in [6, 6.07) is -0.758. The average Bonchev–Trinajstić information content (AvgIpc) is 3.12. The van der Waals surface area contributed by atoms with Gasteiger partial charge in [-0.05, 0) is 38.5 Å². The Morgan fingerprint density at radius 1 is 0.611 bits per heavy atom. The molecule has 3 atom stereocenters. The summed E-state index contributed by atoms with van der Waals surface area (Å²) in [5, 5.41) is 13.9. The van der Waals surface area contributed by atoms with Gasteiger partial charge in [-0.3, -0.25) is 13.8 Å². The van der Waals surface area contributed by atoms with Gasteiger partial charge in [-0.15, -0.1) is 0 Å². The number of aliphatic hydroxyl groups excluding tert-OH is 1. The number of amides is 1. The minimum atomic E-state index is -4.31. The van der Waals surface area contributed by atoms with E-state index < -0.39 is 20.0 Å². The van der Waals surface area contributed by atoms with Crippen molar-refractivity contribution in [1.82, 2.24) is 5.32 Å². The molecule has 9 heteroatoms. The number of nitrogens with one attached hydrogen (secondary N) is 1. The second-order valence-electron chi connectivity index (χ2n) is 17.1. The van der Waals surface area contributed by atoms with Gasteiger partial charge in [0.1, 0.15) is 13.2 Å². The van der Waals surface area contributed by atoms with Gasteiger partial charge in [-0.1, -0.05) is 187 Å². The van der Waals surface area contributed by atoms with Crippen LogP contribution in [0.1, 0.15) is 219 Å². The van der Waals surface area contributed by atoms with Crippen LogP contribution in [0.3, 0.4) is 0 Å². The second kappa shape index (κ2) is 37.8. The molecule has 1 amide bonds. The van der Waals surface area contributed by atoms with Gasteiger partial charge in [-0.2, -0.15) is 0 Å². The highest BCUT2D eigenvalue weighted by molar-refractivity contribution is 7.47. The number of carbonyl (C=O) groups excluding carboxylic acids is 1. The summed E-state index contributed by atoms with van der Waals surface area (Å²) in [5.74, 6) is -0.148. The number of unbranched alkanes of at least 4 members (excludes halogenated alkanes) is 27. The van der Waals surface area contributed by atoms with E-state index in [1.54, 1.807) is 0 Å². The largest absolute Gasteiger partial charge is 0.472 e. The number of quaternary nitrogens is 1. The SMILES string of the molecule is CCCCCCCCCC/C=C\CCCCCCCCCC(=O)NC(COP(=O)(O)OCC[N+](C)(C)C)C(O)CCCCCCCCCCCCCCC. The fraction of sp³-hybridized carbons (Fsp3) is 0.933. The topological polar surface area (TPSA) is 105 Å². The van der Waals surface area contributed by atoms with Crippen molar-refractivity contribution >= 4 is 13.7 Å². The van der Waals surface area contributed by atoms with Crippen LogP contribution in [0.4, 0.5) is 0 Å². The van der Waals surface area contributed by atoms with Crippen molar-refractivity contribution in [3.63, 3.8) is 0 Å². The lowest BCUT2D eigenvalue weighted by Crippen LogP contribution is -2.46. The molecule has 0 aliphatic rings. The van der Waals surface area contributed by atoms with Gasteiger partial charge >= 0.3 is 7.82 Å². The van der Waals surface area contributed by atoms with E-state index in [9.17, 15) is 19.4 Å². The number of hydrogen-bond donors (Lipinski definition) is 3. The van der Waals surface area contributed by atoms with E-state index in [2.05, 4.69) is 31.3 Å². The molecule has 0 aromatic carbocycles. The zero-order chi connectivity index (χ0) is 40.0. The molecule has 0 saturated heterocycles. The van der Waals surface area contributed by atoms with Crippen molar-refractivity contribution in [3.05, 3.63) is 12.2 Å². The molecular formula is C45H92N2O6P+. The third-order valence-electron chi connectivity index (χ3n) is 10.5. The maximum Gasteiger partial charge on any atom is 0.472 e. The van der Waals surface area contributed by atoms with Gasteiger partial charge < -0.3 is 19.8 Å². The number of aliphatic hydroxyl groups is 1. The first kappa shape index (κ1) is 53.2. The van der Waals surface area contributed by atoms with Crippen molar-refractivity contribution in [2.45, 2.75) is 231 Å². The normalized spacial score (nSPS) is 14.4. The quantitative estimate of drug-likeness (QED) is 0.0246. The number of rotatable bonds is 42. The molecule has 3 N–H and O–H groups in total. The lowest BCUT2D eigenvalue weighted by Gasteiger charge is -2.26. The smallest absolute Gasteiger partial charge is 0.391 e. The van der Waals surface area contributed by atoms with Gasteiger partial charge in [0.15, 0.2) is 0 Å². The fourth-order valence-corrected chi connectivity index (χ4v) is 7.54. The van der Waals surface area contributed by atoms with E-state index >= 15 is 0 Å². The summed E-state index contributed by atoms with van der Waals surface area (Å²) < 4.78 is 23.6. The summed E-state index contributed by atoms with van der Waals surface area (Å²) in [5.41, 5.74) is 0. The molecule has 0 aliphatic heterocycles. The standard InChI is InChI=1S/C45H91N2O6P/c1-6-8-10-12-14-16-18-20-21-22-23-24-25-27-29-31-33-35-37-39-45(49)46-43(42-53-54(50,51)52-41-40-47(3,4)5)44(48)38-36-34-32-30-28-26-19-17-15-13-11-9-7-2/h22-23,43-44,48H,6-21,24-42H2,1-5H3,(H-,46,49,50,51)/p+1/b23-22-. The first-order valence-electron chi connectivity index (χ1n) is 23.1. The Labute approximate surface area is 335 Å². The fourth-order valence-electron chi connectivity index (χ4n) is 6.81. The Hall–Kier alpha value is -0.760. The van der Waals surface area contributed by atoms with Crippen molar-refractivity contribution < 1.29 is 32.9 Å². The molecule has 0 bridgehead atoms. The molecule has 0 aromatic rings. The molecule has 8 nitrogen and oxygen atoms in total. The summed E-state index contributed by atoms with van der Waals surface area (Å²) in [4.78, 5) is 23.1. The molecule has 0 fully saturated rings. The monoisotopic (exact) mass is 788 g/mol. The number of likely N-dealkylation sites (N-methyl/N-ethyl adjacent to an activating group) is 1. The number of allylic oxidation sites excluding steroid dienone is 2. The van der Waals surface area contributed by atoms with Crippen LogP contribution in [0, 0.1) is 0 Å². The maximum atomic E-state index is 12.9. The lowest BCUT2D eigenvalue weighted by atomic mass is 10.0. The van der Waals surface area contributed by atoms with Gasteiger partial charge in [0.05, 0.1) is 39.9 Å². The number of nitrogens with zero attached hydrogens (tertiary/aromatic N) is 1. The van der Waals surface area contributed by atoms with Gasteiger partial charge in [0, 0.05) is 6.42 Å². The van der Waals surface area contributed by atoms with Crippen LogP contribution in [-0.2, 0) is 18.4 Å². The van der Waals surface area contributed by atoms with E-state index in [4.69, 9.17) is 9.05 Å². The second-order valence-corrected chi connectivity index (χ2v) is 18.6. The highest BCUT2D eigenvalue weighted by atomic mass is 31.2. The molecule has 0 heterocycles. The lowest BCUT2D eigenvalue weighted by molar-refractivity contribution is -0.870. The van der Waals surface area contributed by atoms with Crippen LogP contribution < -0.4 is 5.32 Å². The predicted octanol–water partition coefficient (Wildman–Crippen LogP) is 12.8. The van der Waals surface area contributed by atoms with Gasteiger partial charge in [0.2, 0.25) is 5.91 Å². The van der Waals surface area contributed by atoms with Crippen molar-refractivity contribution in [2.75, 3.05) is 40.9 Å². The Morgan fingerprint density at radius 3 is 1.43 bits per heavy atom. The van der Waals surface area contributed by atoms with Crippen LogP contribution in [0.15, 0.2) is 12.2 Å². The van der Waals surface area contributed by atoms with Crippen LogP contribution in [-0.4, -0.2) is 73.4 Å². The zero-order valence-corrected chi connectivity index (χ0v) is 37.4. The molecule has 0 aromatic heterocycles. The predicted molar refractivity (Wildman–Crippen MR) is 231 cm³/mol. The van der Waals surface area contributed by atoms with E-state index in [1.807, 2.05) is 21.1 Å². The minimum Gasteiger partial charge on any atom is -0.391 e. The summed E-state index contributed by atoms with van der Waals surface area (Å²) in [7, 11) is 1.62. The summed E-state index contributed by atoms with van der Waals surface area (Å²) >= 11 is 0. The first-order chi connectivity index (χ1) is 26.0. The summed E-state index contributed by atoms with van der Waals surface area (Å²) in [6.45, 7) is 4.89. The Kier molecular flexibility index (Phi) is 37.3. The molecule has 3 unspecified atom stereocenters. The Morgan fingerprint density at radius 2 is 1.00 bits per heavy atom. The average molecular weight is 788 g/mol. The Bertz CT molecular complexity index is 896.